The van der Waals surface area contributed by atoms with Gasteiger partial charge in [-0.05, 0) is 37.6 Å². The molecule has 0 aliphatic heterocycles. The quantitative estimate of drug-likeness (QED) is 0.533. The molecule has 7 nitrogen and oxygen atoms in total. The summed E-state index contributed by atoms with van der Waals surface area (Å²) in [5, 5.41) is 4.40. The molecule has 0 N–H and O–H groups in total. The number of aryl methyl sites for hydroxylation is 1. The largest absolute Gasteiger partial charge is 0.484 e. The number of hydrogen-bond donors (Lipinski definition) is 0. The van der Waals surface area contributed by atoms with Gasteiger partial charge in [-0.3, -0.25) is 0 Å². The molecule has 2 aromatic heterocycles. The van der Waals surface area contributed by atoms with Gasteiger partial charge >= 0.3 is 0 Å². The summed E-state index contributed by atoms with van der Waals surface area (Å²) in [7, 11) is 3.78. The lowest BCUT2D eigenvalue weighted by Crippen LogP contribution is -2.10. The first kappa shape index (κ1) is 15.9. The van der Waals surface area contributed by atoms with Crippen LogP contribution in [0, 0.1) is 6.92 Å². The smallest absolute Gasteiger partial charge is 0.272 e. The molecule has 0 aliphatic carbocycles. The Kier molecular flexibility index (Phi) is 4.41. The molecule has 0 fully saturated rings. The third kappa shape index (κ3) is 3.51. The van der Waals surface area contributed by atoms with Crippen LogP contribution in [0.15, 0.2) is 41.5 Å². The van der Waals surface area contributed by atoms with E-state index < -0.39 is 0 Å². The zero-order valence-electron chi connectivity index (χ0n) is 14.2. The van der Waals surface area contributed by atoms with E-state index in [2.05, 4.69) is 20.1 Å². The van der Waals surface area contributed by atoms with Gasteiger partial charge in [-0.1, -0.05) is 12.1 Å². The fourth-order valence-corrected chi connectivity index (χ4v) is 2.28. The number of aliphatic imine (C=N–C) groups is 1. The van der Waals surface area contributed by atoms with Crippen LogP contribution in [0.1, 0.15) is 24.3 Å². The number of aromatic nitrogens is 4. The summed E-state index contributed by atoms with van der Waals surface area (Å²) in [6, 6.07) is 9.83. The summed E-state index contributed by atoms with van der Waals surface area (Å²) in [5.74, 6) is 1.68. The standard InChI is InChI=1S/C17H20N6O/c1-12-6-5-7-14(10-12)24-13(2)15-8-9-18-17-20-16(21-23(15)17)19-11-22(3)4/h5-11,13H,1-4H3/b19-11+. The van der Waals surface area contributed by atoms with E-state index in [4.69, 9.17) is 4.74 Å². The average Bonchev–Trinajstić information content (AvgIpc) is 2.95. The van der Waals surface area contributed by atoms with E-state index in [0.717, 1.165) is 17.0 Å². The highest BCUT2D eigenvalue weighted by Gasteiger charge is 2.15. The summed E-state index contributed by atoms with van der Waals surface area (Å²) in [5.41, 5.74) is 2.01. The van der Waals surface area contributed by atoms with Crippen LogP contribution in [0.3, 0.4) is 0 Å². The van der Waals surface area contributed by atoms with Gasteiger partial charge in [-0.25, -0.2) is 9.98 Å². The molecule has 0 aliphatic rings. The maximum Gasteiger partial charge on any atom is 0.272 e. The second-order valence-electron chi connectivity index (χ2n) is 5.78. The minimum atomic E-state index is -0.204. The van der Waals surface area contributed by atoms with Crippen molar-refractivity contribution >= 4 is 18.1 Å². The molecule has 0 saturated carbocycles. The van der Waals surface area contributed by atoms with Crippen molar-refractivity contribution in [2.45, 2.75) is 20.0 Å². The molecule has 0 bridgehead atoms. The summed E-state index contributed by atoms with van der Waals surface area (Å²) in [6.07, 6.45) is 3.15. The highest BCUT2D eigenvalue weighted by molar-refractivity contribution is 5.58. The van der Waals surface area contributed by atoms with Crippen LogP contribution in [0.5, 0.6) is 5.75 Å². The van der Waals surface area contributed by atoms with Crippen molar-refractivity contribution in [2.75, 3.05) is 14.1 Å². The zero-order valence-corrected chi connectivity index (χ0v) is 14.2. The van der Waals surface area contributed by atoms with Crippen LogP contribution < -0.4 is 4.74 Å². The van der Waals surface area contributed by atoms with Crippen LogP contribution in [0.4, 0.5) is 5.95 Å². The second kappa shape index (κ2) is 6.66. The first-order valence-corrected chi connectivity index (χ1v) is 7.68. The lowest BCUT2D eigenvalue weighted by molar-refractivity contribution is 0.218. The lowest BCUT2D eigenvalue weighted by atomic mass is 10.2. The fourth-order valence-electron chi connectivity index (χ4n) is 2.28. The Morgan fingerprint density at radius 3 is 2.88 bits per heavy atom. The molecule has 0 saturated heterocycles. The number of nitrogens with zero attached hydrogens (tertiary/aromatic N) is 6. The highest BCUT2D eigenvalue weighted by atomic mass is 16.5. The van der Waals surface area contributed by atoms with Gasteiger partial charge in [0.15, 0.2) is 0 Å². The number of rotatable bonds is 5. The van der Waals surface area contributed by atoms with Crippen molar-refractivity contribution in [3.8, 4) is 5.75 Å². The molecule has 1 aromatic carbocycles. The van der Waals surface area contributed by atoms with Crippen molar-refractivity contribution in [1.29, 1.82) is 0 Å². The van der Waals surface area contributed by atoms with E-state index in [0.29, 0.717) is 11.7 Å². The van der Waals surface area contributed by atoms with E-state index in [9.17, 15) is 0 Å². The Balaban J connectivity index is 1.90. The van der Waals surface area contributed by atoms with Crippen molar-refractivity contribution in [2.24, 2.45) is 4.99 Å². The van der Waals surface area contributed by atoms with Crippen molar-refractivity contribution in [3.05, 3.63) is 47.8 Å². The first-order valence-electron chi connectivity index (χ1n) is 7.68. The topological polar surface area (TPSA) is 67.9 Å². The average molecular weight is 324 g/mol. The molecule has 24 heavy (non-hydrogen) atoms. The van der Waals surface area contributed by atoms with Gasteiger partial charge in [-0.2, -0.15) is 9.50 Å². The number of ether oxygens (including phenoxy) is 1. The predicted octanol–water partition coefficient (Wildman–Crippen LogP) is 2.79. The van der Waals surface area contributed by atoms with Gasteiger partial charge in [0.05, 0.1) is 12.0 Å². The van der Waals surface area contributed by atoms with Crippen molar-refractivity contribution in [1.82, 2.24) is 24.5 Å². The van der Waals surface area contributed by atoms with Crippen molar-refractivity contribution < 1.29 is 4.74 Å². The molecule has 7 heteroatoms. The van der Waals surface area contributed by atoms with Gasteiger partial charge in [0, 0.05) is 20.3 Å². The van der Waals surface area contributed by atoms with Crippen LogP contribution in [0.25, 0.3) is 5.78 Å². The Hall–Kier alpha value is -2.96. The lowest BCUT2D eigenvalue weighted by Gasteiger charge is -2.15. The molecule has 0 spiro atoms. The molecule has 1 atom stereocenters. The van der Waals surface area contributed by atoms with Gasteiger partial charge in [0.1, 0.15) is 11.9 Å². The Morgan fingerprint density at radius 1 is 1.29 bits per heavy atom. The first-order chi connectivity index (χ1) is 11.5. The summed E-state index contributed by atoms with van der Waals surface area (Å²) < 4.78 is 7.70. The zero-order chi connectivity index (χ0) is 17.1. The van der Waals surface area contributed by atoms with Crippen LogP contribution in [-0.4, -0.2) is 44.9 Å². The third-order valence-corrected chi connectivity index (χ3v) is 3.38. The van der Waals surface area contributed by atoms with E-state index in [-0.39, 0.29) is 6.10 Å². The van der Waals surface area contributed by atoms with Crippen LogP contribution >= 0.6 is 0 Å². The number of benzene rings is 1. The summed E-state index contributed by atoms with van der Waals surface area (Å²) in [6.45, 7) is 4.01. The molecular weight excluding hydrogens is 304 g/mol. The van der Waals surface area contributed by atoms with Gasteiger partial charge < -0.3 is 9.64 Å². The van der Waals surface area contributed by atoms with Crippen LogP contribution in [0.2, 0.25) is 0 Å². The SMILES string of the molecule is Cc1cccc(OC(C)c2ccnc3nc(/N=C/N(C)C)nn23)c1. The molecule has 2 heterocycles. The molecule has 0 amide bonds. The van der Waals surface area contributed by atoms with E-state index >= 15 is 0 Å². The van der Waals surface area contributed by atoms with Gasteiger partial charge in [0.25, 0.3) is 11.7 Å². The maximum absolute atomic E-state index is 6.03. The monoisotopic (exact) mass is 324 g/mol. The molecule has 3 aromatic rings. The molecule has 3 rings (SSSR count). The fraction of sp³-hybridized carbons (Fsp3) is 0.294. The molecule has 1 unspecified atom stereocenters. The number of fused-ring (bicyclic) bond motifs is 1. The Bertz CT molecular complexity index is 870. The summed E-state index contributed by atoms with van der Waals surface area (Å²) in [4.78, 5) is 14.6. The number of hydrogen-bond acceptors (Lipinski definition) is 5. The van der Waals surface area contributed by atoms with E-state index in [1.165, 1.54) is 0 Å². The normalized spacial score (nSPS) is 12.7. The van der Waals surface area contributed by atoms with Gasteiger partial charge in [0.2, 0.25) is 0 Å². The Labute approximate surface area is 140 Å². The van der Waals surface area contributed by atoms with E-state index in [1.54, 1.807) is 17.1 Å². The predicted molar refractivity (Wildman–Crippen MR) is 92.8 cm³/mol. The van der Waals surface area contributed by atoms with Gasteiger partial charge in [-0.15, -0.1) is 5.10 Å². The highest BCUT2D eigenvalue weighted by Crippen LogP contribution is 2.22. The van der Waals surface area contributed by atoms with E-state index in [1.807, 2.05) is 63.2 Å². The maximum atomic E-state index is 6.03. The van der Waals surface area contributed by atoms with Crippen LogP contribution in [-0.2, 0) is 0 Å². The minimum absolute atomic E-state index is 0.204. The third-order valence-electron chi connectivity index (χ3n) is 3.38. The second-order valence-corrected chi connectivity index (χ2v) is 5.78. The molecule has 124 valence electrons. The van der Waals surface area contributed by atoms with Crippen molar-refractivity contribution in [3.63, 3.8) is 0 Å². The molecule has 0 radical (unpaired) electrons. The summed E-state index contributed by atoms with van der Waals surface area (Å²) >= 11 is 0. The molecular formula is C17H20N6O. The minimum Gasteiger partial charge on any atom is -0.484 e. The Morgan fingerprint density at radius 2 is 2.12 bits per heavy atom.